The van der Waals surface area contributed by atoms with E-state index in [-0.39, 0.29) is 18.8 Å². The van der Waals surface area contributed by atoms with Crippen LogP contribution in [-0.2, 0) is 20.9 Å². The Morgan fingerprint density at radius 2 is 1.78 bits per heavy atom. The average Bonchev–Trinajstić information content (AvgIpc) is 2.40. The van der Waals surface area contributed by atoms with Crippen molar-refractivity contribution in [3.05, 3.63) is 35.9 Å². The summed E-state index contributed by atoms with van der Waals surface area (Å²) in [6.45, 7) is 0.205. The molecular weight excluding hydrogens is 252 g/mol. The van der Waals surface area contributed by atoms with Crippen LogP contribution in [0.15, 0.2) is 30.3 Å². The van der Waals surface area contributed by atoms with Gasteiger partial charge in [0.25, 0.3) is 0 Å². The lowest BCUT2D eigenvalue weighted by Crippen LogP contribution is -2.19. The highest BCUT2D eigenvalue weighted by atomic mass is 35.5. The Morgan fingerprint density at radius 1 is 1.06 bits per heavy atom. The van der Waals surface area contributed by atoms with Gasteiger partial charge in [0.05, 0.1) is 6.61 Å². The molecule has 3 nitrogen and oxygen atoms in total. The van der Waals surface area contributed by atoms with Crippen LogP contribution >= 0.6 is 11.6 Å². The molecule has 18 heavy (non-hydrogen) atoms. The first-order chi connectivity index (χ1) is 8.74. The Labute approximate surface area is 112 Å². The lowest BCUT2D eigenvalue weighted by atomic mass is 10.1. The monoisotopic (exact) mass is 268 g/mol. The van der Waals surface area contributed by atoms with E-state index in [4.69, 9.17) is 16.3 Å². The smallest absolute Gasteiger partial charge is 0.223 e. The van der Waals surface area contributed by atoms with Crippen molar-refractivity contribution in [2.45, 2.75) is 25.9 Å². The minimum Gasteiger partial charge on any atom is -0.368 e. The summed E-state index contributed by atoms with van der Waals surface area (Å²) in [4.78, 5) is 22.8. The molecule has 0 saturated heterocycles. The number of carbonyl (C=O) groups is 2. The van der Waals surface area contributed by atoms with E-state index < -0.39 is 5.78 Å². The number of benzene rings is 1. The molecule has 0 fully saturated rings. The van der Waals surface area contributed by atoms with E-state index >= 15 is 0 Å². The Balaban J connectivity index is 2.18. The third-order valence-corrected chi connectivity index (χ3v) is 2.71. The van der Waals surface area contributed by atoms with Crippen LogP contribution in [0.5, 0.6) is 0 Å². The van der Waals surface area contributed by atoms with E-state index in [1.54, 1.807) is 0 Å². The molecule has 0 amide bonds. The van der Waals surface area contributed by atoms with Crippen molar-refractivity contribution in [1.82, 2.24) is 0 Å². The minimum absolute atomic E-state index is 0.144. The van der Waals surface area contributed by atoms with E-state index in [0.29, 0.717) is 18.9 Å². The maximum absolute atomic E-state index is 11.4. The average molecular weight is 269 g/mol. The summed E-state index contributed by atoms with van der Waals surface area (Å²) >= 11 is 5.50. The predicted molar refractivity (Wildman–Crippen MR) is 70.7 cm³/mol. The molecule has 0 bridgehead atoms. The molecule has 0 spiro atoms. The Morgan fingerprint density at radius 3 is 2.44 bits per heavy atom. The summed E-state index contributed by atoms with van der Waals surface area (Å²) in [5.41, 5.74) is 0.986. The number of hydrogen-bond acceptors (Lipinski definition) is 3. The molecule has 0 saturated carbocycles. The predicted octanol–water partition coefficient (Wildman–Crippen LogP) is 2.75. The second kappa shape index (κ2) is 8.84. The third kappa shape index (κ3) is 5.94. The van der Waals surface area contributed by atoms with E-state index in [9.17, 15) is 9.59 Å². The molecule has 0 atom stereocenters. The second-order valence-electron chi connectivity index (χ2n) is 3.97. The van der Waals surface area contributed by atoms with Crippen molar-refractivity contribution in [3.8, 4) is 0 Å². The summed E-state index contributed by atoms with van der Waals surface area (Å²) in [5, 5.41) is 0. The number of carbonyl (C=O) groups excluding carboxylic acids is 2. The fourth-order valence-electron chi connectivity index (χ4n) is 1.44. The molecule has 0 heterocycles. The highest BCUT2D eigenvalue weighted by molar-refractivity contribution is 6.37. The van der Waals surface area contributed by atoms with Gasteiger partial charge in [0.15, 0.2) is 0 Å². The fraction of sp³-hybridized carbons (Fsp3) is 0.429. The molecule has 0 aliphatic carbocycles. The van der Waals surface area contributed by atoms with Gasteiger partial charge in [0.1, 0.15) is 6.61 Å². The summed E-state index contributed by atoms with van der Waals surface area (Å²) in [5.74, 6) is -0.305. The van der Waals surface area contributed by atoms with Gasteiger partial charge in [-0.1, -0.05) is 30.3 Å². The number of ketones is 2. The van der Waals surface area contributed by atoms with Crippen molar-refractivity contribution in [2.75, 3.05) is 12.5 Å². The molecule has 98 valence electrons. The van der Waals surface area contributed by atoms with Crippen LogP contribution in [0.3, 0.4) is 0 Å². The molecule has 0 N–H and O–H groups in total. The van der Waals surface area contributed by atoms with Crippen LogP contribution in [-0.4, -0.2) is 24.1 Å². The van der Waals surface area contributed by atoms with Crippen molar-refractivity contribution in [2.24, 2.45) is 0 Å². The molecule has 1 aromatic carbocycles. The van der Waals surface area contributed by atoms with Gasteiger partial charge in [-0.05, 0) is 18.4 Å². The van der Waals surface area contributed by atoms with Gasteiger partial charge < -0.3 is 4.74 Å². The van der Waals surface area contributed by atoms with Gasteiger partial charge in [-0.3, -0.25) is 9.59 Å². The standard InChI is InChI=1S/C14H17ClO3/c15-9-5-4-8-13(16)14(17)11-18-10-12-6-2-1-3-7-12/h1-3,6-7H,4-5,8-11H2. The number of halogens is 1. The number of ether oxygens (including phenoxy) is 1. The summed E-state index contributed by atoms with van der Waals surface area (Å²) in [7, 11) is 0. The Hall–Kier alpha value is -1.19. The molecule has 0 unspecified atom stereocenters. The molecule has 0 aliphatic heterocycles. The number of unbranched alkanes of at least 4 members (excludes halogenated alkanes) is 1. The number of Topliss-reactive ketones (excluding diaryl/α,β-unsaturated/α-hetero) is 2. The zero-order chi connectivity index (χ0) is 13.2. The van der Waals surface area contributed by atoms with Crippen LogP contribution in [0.4, 0.5) is 0 Å². The van der Waals surface area contributed by atoms with Gasteiger partial charge in [-0.2, -0.15) is 0 Å². The highest BCUT2D eigenvalue weighted by Gasteiger charge is 2.12. The molecular formula is C14H17ClO3. The van der Waals surface area contributed by atoms with Gasteiger partial charge in [-0.25, -0.2) is 0 Å². The summed E-state index contributed by atoms with van der Waals surface area (Å²) in [6, 6.07) is 9.53. The largest absolute Gasteiger partial charge is 0.368 e. The van der Waals surface area contributed by atoms with Crippen LogP contribution < -0.4 is 0 Å². The molecule has 1 aromatic rings. The number of rotatable bonds is 9. The van der Waals surface area contributed by atoms with Crippen LogP contribution in [0.2, 0.25) is 0 Å². The van der Waals surface area contributed by atoms with Gasteiger partial charge >= 0.3 is 0 Å². The maximum Gasteiger partial charge on any atom is 0.223 e. The van der Waals surface area contributed by atoms with E-state index in [0.717, 1.165) is 12.0 Å². The number of hydrogen-bond donors (Lipinski definition) is 0. The molecule has 0 aromatic heterocycles. The molecule has 0 radical (unpaired) electrons. The van der Waals surface area contributed by atoms with Crippen LogP contribution in [0.1, 0.15) is 24.8 Å². The molecule has 0 aliphatic rings. The quantitative estimate of drug-likeness (QED) is 0.393. The van der Waals surface area contributed by atoms with Gasteiger partial charge in [0.2, 0.25) is 11.6 Å². The van der Waals surface area contributed by atoms with Crippen molar-refractivity contribution >= 4 is 23.2 Å². The molecule has 1 rings (SSSR count). The van der Waals surface area contributed by atoms with Crippen molar-refractivity contribution in [1.29, 1.82) is 0 Å². The Kier molecular flexibility index (Phi) is 7.30. The van der Waals surface area contributed by atoms with Gasteiger partial charge in [-0.15, -0.1) is 11.6 Å². The van der Waals surface area contributed by atoms with E-state index in [1.165, 1.54) is 0 Å². The highest BCUT2D eigenvalue weighted by Crippen LogP contribution is 2.02. The lowest BCUT2D eigenvalue weighted by molar-refractivity contribution is -0.139. The minimum atomic E-state index is -0.458. The maximum atomic E-state index is 11.4. The third-order valence-electron chi connectivity index (χ3n) is 2.44. The summed E-state index contributed by atoms with van der Waals surface area (Å²) in [6.07, 6.45) is 1.68. The topological polar surface area (TPSA) is 43.4 Å². The van der Waals surface area contributed by atoms with Crippen molar-refractivity contribution in [3.63, 3.8) is 0 Å². The second-order valence-corrected chi connectivity index (χ2v) is 4.35. The lowest BCUT2D eigenvalue weighted by Gasteiger charge is -2.03. The van der Waals surface area contributed by atoms with Crippen LogP contribution in [0, 0.1) is 0 Å². The zero-order valence-corrected chi connectivity index (χ0v) is 11.0. The van der Waals surface area contributed by atoms with Crippen molar-refractivity contribution < 1.29 is 14.3 Å². The van der Waals surface area contributed by atoms with E-state index in [2.05, 4.69) is 0 Å². The SMILES string of the molecule is O=C(CCCCCl)C(=O)COCc1ccccc1. The van der Waals surface area contributed by atoms with E-state index in [1.807, 2.05) is 30.3 Å². The first kappa shape index (κ1) is 14.9. The zero-order valence-electron chi connectivity index (χ0n) is 10.2. The first-order valence-electron chi connectivity index (χ1n) is 5.97. The van der Waals surface area contributed by atoms with Crippen LogP contribution in [0.25, 0.3) is 0 Å². The fourth-order valence-corrected chi connectivity index (χ4v) is 1.62. The first-order valence-corrected chi connectivity index (χ1v) is 6.51. The number of alkyl halides is 1. The molecule has 4 heteroatoms. The Bertz CT molecular complexity index is 376. The normalized spacial score (nSPS) is 10.3. The van der Waals surface area contributed by atoms with Gasteiger partial charge in [0, 0.05) is 12.3 Å². The summed E-state index contributed by atoms with van der Waals surface area (Å²) < 4.78 is 5.21.